The Morgan fingerprint density at radius 3 is 2.59 bits per heavy atom. The lowest BCUT2D eigenvalue weighted by Crippen LogP contribution is -2.46. The number of halogens is 3. The van der Waals surface area contributed by atoms with Gasteiger partial charge >= 0.3 is 18.3 Å². The number of hydrogen-bond acceptors (Lipinski definition) is 8. The minimum absolute atomic E-state index is 0.0705. The zero-order chi connectivity index (χ0) is 33.9. The first kappa shape index (κ1) is 35.0. The fourth-order valence-electron chi connectivity index (χ4n) is 6.40. The summed E-state index contributed by atoms with van der Waals surface area (Å²) in [7, 11) is 1.26. The highest BCUT2D eigenvalue weighted by Gasteiger charge is 2.53. The minimum Gasteiger partial charge on any atom is -0.483 e. The van der Waals surface area contributed by atoms with Crippen LogP contribution in [0.15, 0.2) is 30.9 Å². The third-order valence-electron chi connectivity index (χ3n) is 8.37. The zero-order valence-electron chi connectivity index (χ0n) is 27.1. The third kappa shape index (κ3) is 8.50. The maximum atomic E-state index is 14.2. The molecule has 3 heterocycles. The zero-order valence-corrected chi connectivity index (χ0v) is 27.1. The van der Waals surface area contributed by atoms with Crippen LogP contribution in [0, 0.1) is 12.8 Å². The second kappa shape index (κ2) is 13.9. The number of carbonyl (C=O) groups excluding carboxylic acids is 3. The van der Waals surface area contributed by atoms with Crippen LogP contribution in [0.3, 0.4) is 0 Å². The molecule has 0 N–H and O–H groups in total. The molecule has 1 spiro atoms. The number of hydrogen-bond donors (Lipinski definition) is 0. The maximum absolute atomic E-state index is 14.2. The molecule has 0 bridgehead atoms. The molecule has 1 saturated heterocycles. The van der Waals surface area contributed by atoms with Crippen LogP contribution < -0.4 is 9.47 Å². The molecule has 1 amide bonds. The van der Waals surface area contributed by atoms with Crippen molar-refractivity contribution in [3.05, 3.63) is 42.1 Å². The van der Waals surface area contributed by atoms with Crippen molar-refractivity contribution in [2.75, 3.05) is 13.7 Å². The predicted molar refractivity (Wildman–Crippen MR) is 164 cm³/mol. The second-order valence-electron chi connectivity index (χ2n) is 13.1. The molecule has 12 heteroatoms. The number of rotatable bonds is 11. The number of alkyl halides is 3. The van der Waals surface area contributed by atoms with Crippen LogP contribution in [0.1, 0.15) is 83.4 Å². The highest BCUT2D eigenvalue weighted by atomic mass is 19.4. The monoisotopic (exact) mass is 648 g/mol. The van der Waals surface area contributed by atoms with Crippen molar-refractivity contribution in [2.24, 2.45) is 5.92 Å². The average molecular weight is 649 g/mol. The van der Waals surface area contributed by atoms with Crippen LogP contribution in [0.4, 0.5) is 13.2 Å². The predicted octanol–water partition coefficient (Wildman–Crippen LogP) is 6.76. The summed E-state index contributed by atoms with van der Waals surface area (Å²) in [6.45, 7) is 10.8. The molecule has 0 radical (unpaired) electrons. The number of aryl methyl sites for hydroxylation is 2. The molecule has 2 aliphatic heterocycles. The summed E-state index contributed by atoms with van der Waals surface area (Å²) in [5.41, 5.74) is 0.0246. The van der Waals surface area contributed by atoms with E-state index in [0.29, 0.717) is 53.6 Å². The number of unbranched alkanes of at least 4 members (excludes halogenated alkanes) is 3. The summed E-state index contributed by atoms with van der Waals surface area (Å²) in [4.78, 5) is 46.1. The number of likely N-dealkylation sites (tertiary alicyclic amines) is 1. The Kier molecular flexibility index (Phi) is 10.6. The number of fused-ring (bicyclic) bond motifs is 3. The summed E-state index contributed by atoms with van der Waals surface area (Å²) >= 11 is 0. The van der Waals surface area contributed by atoms with Crippen LogP contribution >= 0.6 is 0 Å². The Labute approximate surface area is 267 Å². The SMILES string of the molecule is C=CCCCCC[C@H](CC(=O)OC(C)(C)C)C(=O)N1C[C@@]2(CCc3c(c(C)nc4ccc(OC(F)(F)F)cc34)O2)C[C@H]1C(=O)OC. The lowest BCUT2D eigenvalue weighted by atomic mass is 9.87. The fourth-order valence-corrected chi connectivity index (χ4v) is 6.40. The summed E-state index contributed by atoms with van der Waals surface area (Å²) in [5, 5.41) is 0.474. The summed E-state index contributed by atoms with van der Waals surface area (Å²) in [6.07, 6.45) is 1.57. The standard InChI is InChI=1S/C34H43F3N2O7/c1-7-8-9-10-11-12-22(17-28(40)45-32(3,4)5)30(41)39-20-33(19-27(39)31(42)43-6)16-15-24-25-18-23(44-34(35,36)37)13-14-26(25)38-21(2)29(24)46-33/h7,13-14,18,22,27H,1,8-12,15-17,19-20H2,2-6H3/t22-,27+,33-/m1/s1. The number of amides is 1. The highest BCUT2D eigenvalue weighted by molar-refractivity contribution is 5.89. The number of allylic oxidation sites excluding steroid dienone is 1. The molecule has 1 fully saturated rings. The van der Waals surface area contributed by atoms with Gasteiger partial charge in [-0.1, -0.05) is 18.9 Å². The first-order chi connectivity index (χ1) is 21.5. The van der Waals surface area contributed by atoms with Gasteiger partial charge in [0.2, 0.25) is 5.91 Å². The van der Waals surface area contributed by atoms with E-state index in [-0.39, 0.29) is 31.0 Å². The van der Waals surface area contributed by atoms with Gasteiger partial charge in [-0.15, -0.1) is 19.8 Å². The van der Waals surface area contributed by atoms with E-state index in [1.807, 2.05) is 6.08 Å². The smallest absolute Gasteiger partial charge is 0.483 e. The molecule has 3 atom stereocenters. The van der Waals surface area contributed by atoms with Crippen LogP contribution in [0.5, 0.6) is 11.5 Å². The number of methoxy groups -OCH3 is 1. The minimum atomic E-state index is -4.85. The number of aromatic nitrogens is 1. The molecule has 46 heavy (non-hydrogen) atoms. The van der Waals surface area contributed by atoms with Crippen LogP contribution in [0.25, 0.3) is 10.9 Å². The first-order valence-electron chi connectivity index (χ1n) is 15.6. The van der Waals surface area contributed by atoms with Crippen LogP contribution in [-0.4, -0.2) is 65.0 Å². The molecular formula is C34H43F3N2O7. The van der Waals surface area contributed by atoms with Crippen LogP contribution in [0.2, 0.25) is 0 Å². The van der Waals surface area contributed by atoms with E-state index >= 15 is 0 Å². The lowest BCUT2D eigenvalue weighted by Gasteiger charge is -2.36. The van der Waals surface area contributed by atoms with E-state index in [0.717, 1.165) is 19.3 Å². The van der Waals surface area contributed by atoms with E-state index < -0.39 is 41.5 Å². The van der Waals surface area contributed by atoms with Gasteiger partial charge in [0, 0.05) is 23.3 Å². The molecule has 2 aliphatic rings. The summed E-state index contributed by atoms with van der Waals surface area (Å²) < 4.78 is 60.2. The van der Waals surface area contributed by atoms with Crippen molar-refractivity contribution in [3.8, 4) is 11.5 Å². The van der Waals surface area contributed by atoms with Crippen molar-refractivity contribution < 1.29 is 46.5 Å². The molecule has 2 aromatic rings. The normalized spacial score (nSPS) is 20.2. The Bertz CT molecular complexity index is 1470. The van der Waals surface area contributed by atoms with E-state index in [1.54, 1.807) is 27.7 Å². The maximum Gasteiger partial charge on any atom is 0.573 e. The average Bonchev–Trinajstić information content (AvgIpc) is 3.33. The van der Waals surface area contributed by atoms with Crippen molar-refractivity contribution >= 4 is 28.7 Å². The van der Waals surface area contributed by atoms with Gasteiger partial charge in [0.1, 0.15) is 28.7 Å². The summed E-state index contributed by atoms with van der Waals surface area (Å²) in [5.74, 6) is -2.10. The number of carbonyl (C=O) groups is 3. The fraction of sp³-hybridized carbons (Fsp3) is 0.588. The van der Waals surface area contributed by atoms with Gasteiger partial charge in [-0.25, -0.2) is 9.78 Å². The third-order valence-corrected chi connectivity index (χ3v) is 8.37. The second-order valence-corrected chi connectivity index (χ2v) is 13.1. The quantitative estimate of drug-likeness (QED) is 0.150. The molecule has 0 aliphatic carbocycles. The molecular weight excluding hydrogens is 605 g/mol. The Morgan fingerprint density at radius 1 is 1.20 bits per heavy atom. The largest absolute Gasteiger partial charge is 0.573 e. The van der Waals surface area contributed by atoms with E-state index in [2.05, 4.69) is 16.3 Å². The summed E-state index contributed by atoms with van der Waals surface area (Å²) in [6, 6.07) is 3.04. The van der Waals surface area contributed by atoms with Gasteiger partial charge < -0.3 is 23.8 Å². The van der Waals surface area contributed by atoms with Gasteiger partial charge in [-0.05, 0) is 78.0 Å². The Morgan fingerprint density at radius 2 is 1.93 bits per heavy atom. The van der Waals surface area contributed by atoms with Gasteiger partial charge in [0.05, 0.1) is 31.3 Å². The highest BCUT2D eigenvalue weighted by Crippen LogP contribution is 2.45. The van der Waals surface area contributed by atoms with E-state index in [1.165, 1.54) is 30.2 Å². The van der Waals surface area contributed by atoms with Gasteiger partial charge in [0.25, 0.3) is 0 Å². The molecule has 1 aromatic carbocycles. The first-order valence-corrected chi connectivity index (χ1v) is 15.6. The molecule has 9 nitrogen and oxygen atoms in total. The van der Waals surface area contributed by atoms with Gasteiger partial charge in [-0.3, -0.25) is 9.59 Å². The van der Waals surface area contributed by atoms with Crippen molar-refractivity contribution in [3.63, 3.8) is 0 Å². The number of benzene rings is 1. The van der Waals surface area contributed by atoms with Gasteiger partial charge in [0.15, 0.2) is 0 Å². The van der Waals surface area contributed by atoms with Crippen molar-refractivity contribution in [2.45, 2.75) is 109 Å². The van der Waals surface area contributed by atoms with Crippen molar-refractivity contribution in [1.29, 1.82) is 0 Å². The topological polar surface area (TPSA) is 104 Å². The molecule has 4 rings (SSSR count). The molecule has 252 valence electrons. The molecule has 0 saturated carbocycles. The molecule has 1 aromatic heterocycles. The number of pyridine rings is 1. The number of ether oxygens (including phenoxy) is 4. The van der Waals surface area contributed by atoms with E-state index in [9.17, 15) is 27.6 Å². The Hall–Kier alpha value is -3.83. The van der Waals surface area contributed by atoms with Crippen LogP contribution in [-0.2, 0) is 30.3 Å². The number of esters is 2. The van der Waals surface area contributed by atoms with E-state index in [4.69, 9.17) is 14.2 Å². The van der Waals surface area contributed by atoms with Gasteiger partial charge in [-0.2, -0.15) is 0 Å². The van der Waals surface area contributed by atoms with Crippen molar-refractivity contribution in [1.82, 2.24) is 9.88 Å². The lowest BCUT2D eigenvalue weighted by molar-refractivity contribution is -0.274. The molecule has 0 unspecified atom stereocenters. The Balaban J connectivity index is 1.62. The number of nitrogens with zero attached hydrogens (tertiary/aromatic N) is 2.